The van der Waals surface area contributed by atoms with Crippen molar-refractivity contribution < 1.29 is 14.3 Å². The molecule has 1 aromatic rings. The van der Waals surface area contributed by atoms with E-state index < -0.39 is 5.60 Å². The van der Waals surface area contributed by atoms with Crippen molar-refractivity contribution in [3.8, 4) is 0 Å². The Balaban J connectivity index is 2.65. The highest BCUT2D eigenvalue weighted by Crippen LogP contribution is 2.16. The molecule has 0 unspecified atom stereocenters. The van der Waals surface area contributed by atoms with E-state index in [0.717, 1.165) is 17.7 Å². The first kappa shape index (κ1) is 14.8. The SMILES string of the molecule is CCc1oc(C(=O)NCC(O)(CC)CC)cc1C. The van der Waals surface area contributed by atoms with Crippen molar-refractivity contribution in [3.63, 3.8) is 0 Å². The second kappa shape index (κ2) is 6.05. The Kier molecular flexibility index (Phi) is 4.96. The first-order valence-electron chi connectivity index (χ1n) is 6.55. The number of nitrogens with one attached hydrogen (secondary N) is 1. The zero-order chi connectivity index (χ0) is 13.8. The van der Waals surface area contributed by atoms with Gasteiger partial charge in [-0.05, 0) is 31.4 Å². The molecule has 4 nitrogen and oxygen atoms in total. The number of aryl methyl sites for hydroxylation is 2. The van der Waals surface area contributed by atoms with Crippen molar-refractivity contribution in [1.82, 2.24) is 5.32 Å². The molecular weight excluding hydrogens is 230 g/mol. The summed E-state index contributed by atoms with van der Waals surface area (Å²) in [6.45, 7) is 7.97. The van der Waals surface area contributed by atoms with Crippen molar-refractivity contribution in [2.45, 2.75) is 52.6 Å². The second-order valence-electron chi connectivity index (χ2n) is 4.68. The standard InChI is InChI=1S/C14H23NO3/c1-5-11-10(4)8-12(18-11)13(16)15-9-14(17,6-2)7-3/h8,17H,5-7,9H2,1-4H3,(H,15,16). The topological polar surface area (TPSA) is 62.5 Å². The smallest absolute Gasteiger partial charge is 0.287 e. The molecule has 0 atom stereocenters. The average Bonchev–Trinajstić information content (AvgIpc) is 2.77. The second-order valence-corrected chi connectivity index (χ2v) is 4.68. The largest absolute Gasteiger partial charge is 0.456 e. The average molecular weight is 253 g/mol. The maximum absolute atomic E-state index is 11.9. The Labute approximate surface area is 108 Å². The van der Waals surface area contributed by atoms with Crippen LogP contribution in [0.3, 0.4) is 0 Å². The molecule has 18 heavy (non-hydrogen) atoms. The summed E-state index contributed by atoms with van der Waals surface area (Å²) in [4.78, 5) is 11.9. The number of hydrogen-bond donors (Lipinski definition) is 2. The van der Waals surface area contributed by atoms with E-state index in [1.807, 2.05) is 27.7 Å². The van der Waals surface area contributed by atoms with E-state index in [0.29, 0.717) is 18.6 Å². The van der Waals surface area contributed by atoms with Crippen molar-refractivity contribution in [2.75, 3.05) is 6.54 Å². The fourth-order valence-electron chi connectivity index (χ4n) is 1.81. The van der Waals surface area contributed by atoms with Gasteiger partial charge in [0.25, 0.3) is 5.91 Å². The van der Waals surface area contributed by atoms with E-state index in [-0.39, 0.29) is 12.5 Å². The molecule has 0 aromatic carbocycles. The maximum atomic E-state index is 11.9. The minimum absolute atomic E-state index is 0.250. The highest BCUT2D eigenvalue weighted by Gasteiger charge is 2.24. The van der Waals surface area contributed by atoms with Gasteiger partial charge in [0.15, 0.2) is 5.76 Å². The van der Waals surface area contributed by atoms with Gasteiger partial charge < -0.3 is 14.8 Å². The molecule has 2 N–H and O–H groups in total. The van der Waals surface area contributed by atoms with Gasteiger partial charge in [-0.25, -0.2) is 0 Å². The van der Waals surface area contributed by atoms with Crippen molar-refractivity contribution in [1.29, 1.82) is 0 Å². The molecule has 0 bridgehead atoms. The molecule has 0 saturated carbocycles. The molecule has 1 amide bonds. The Morgan fingerprint density at radius 3 is 2.44 bits per heavy atom. The van der Waals surface area contributed by atoms with Crippen LogP contribution in [0.4, 0.5) is 0 Å². The predicted molar refractivity (Wildman–Crippen MR) is 70.7 cm³/mol. The quantitative estimate of drug-likeness (QED) is 0.818. The highest BCUT2D eigenvalue weighted by molar-refractivity contribution is 5.91. The van der Waals surface area contributed by atoms with Gasteiger partial charge in [-0.1, -0.05) is 20.8 Å². The molecule has 0 aliphatic carbocycles. The lowest BCUT2D eigenvalue weighted by molar-refractivity contribution is 0.0309. The van der Waals surface area contributed by atoms with Gasteiger partial charge in [-0.2, -0.15) is 0 Å². The van der Waals surface area contributed by atoms with E-state index in [4.69, 9.17) is 4.42 Å². The van der Waals surface area contributed by atoms with Crippen LogP contribution in [-0.2, 0) is 6.42 Å². The Hall–Kier alpha value is -1.29. The summed E-state index contributed by atoms with van der Waals surface area (Å²) < 4.78 is 5.46. The van der Waals surface area contributed by atoms with E-state index in [2.05, 4.69) is 5.32 Å². The summed E-state index contributed by atoms with van der Waals surface area (Å²) in [7, 11) is 0. The number of hydrogen-bond acceptors (Lipinski definition) is 3. The van der Waals surface area contributed by atoms with Crippen molar-refractivity contribution in [2.24, 2.45) is 0 Å². The summed E-state index contributed by atoms with van der Waals surface area (Å²) in [5, 5.41) is 12.8. The zero-order valence-electron chi connectivity index (χ0n) is 11.7. The van der Waals surface area contributed by atoms with E-state index in [1.54, 1.807) is 6.07 Å². The van der Waals surface area contributed by atoms with Crippen LogP contribution in [0.25, 0.3) is 0 Å². The normalized spacial score (nSPS) is 11.6. The first-order chi connectivity index (χ1) is 8.45. The zero-order valence-corrected chi connectivity index (χ0v) is 11.7. The lowest BCUT2D eigenvalue weighted by atomic mass is 9.97. The highest BCUT2D eigenvalue weighted by atomic mass is 16.4. The molecule has 0 aliphatic rings. The summed E-state index contributed by atoms with van der Waals surface area (Å²) in [5.41, 5.74) is 0.161. The number of amides is 1. The van der Waals surface area contributed by atoms with Gasteiger partial charge in [-0.15, -0.1) is 0 Å². The summed E-state index contributed by atoms with van der Waals surface area (Å²) in [6, 6.07) is 1.74. The van der Waals surface area contributed by atoms with Crippen LogP contribution in [-0.4, -0.2) is 23.2 Å². The molecule has 0 fully saturated rings. The fourth-order valence-corrected chi connectivity index (χ4v) is 1.81. The third-order valence-corrected chi connectivity index (χ3v) is 3.46. The van der Waals surface area contributed by atoms with Crippen molar-refractivity contribution in [3.05, 3.63) is 23.2 Å². The molecule has 1 heterocycles. The molecule has 102 valence electrons. The summed E-state index contributed by atoms with van der Waals surface area (Å²) in [5.74, 6) is 0.887. The molecule has 0 radical (unpaired) electrons. The monoisotopic (exact) mass is 253 g/mol. The summed E-state index contributed by atoms with van der Waals surface area (Å²) >= 11 is 0. The number of aliphatic hydroxyl groups is 1. The van der Waals surface area contributed by atoms with Gasteiger partial charge in [-0.3, -0.25) is 4.79 Å². The minimum atomic E-state index is -0.828. The number of furan rings is 1. The number of carbonyl (C=O) groups is 1. The van der Waals surface area contributed by atoms with Crippen LogP contribution >= 0.6 is 0 Å². The summed E-state index contributed by atoms with van der Waals surface area (Å²) in [6.07, 6.45) is 2.00. The van der Waals surface area contributed by atoms with Gasteiger partial charge in [0.2, 0.25) is 0 Å². The number of rotatable bonds is 6. The molecule has 1 rings (SSSR count). The van der Waals surface area contributed by atoms with Crippen LogP contribution < -0.4 is 5.32 Å². The lowest BCUT2D eigenvalue weighted by Gasteiger charge is -2.24. The van der Waals surface area contributed by atoms with E-state index in [1.165, 1.54) is 0 Å². The molecule has 0 spiro atoms. The van der Waals surface area contributed by atoms with Crippen LogP contribution in [0.5, 0.6) is 0 Å². The van der Waals surface area contributed by atoms with Crippen LogP contribution in [0.15, 0.2) is 10.5 Å². The minimum Gasteiger partial charge on any atom is -0.456 e. The first-order valence-corrected chi connectivity index (χ1v) is 6.55. The van der Waals surface area contributed by atoms with Gasteiger partial charge in [0, 0.05) is 13.0 Å². The molecule has 4 heteroatoms. The fraction of sp³-hybridized carbons (Fsp3) is 0.643. The van der Waals surface area contributed by atoms with Crippen LogP contribution in [0.2, 0.25) is 0 Å². The molecular formula is C14H23NO3. The van der Waals surface area contributed by atoms with Gasteiger partial charge >= 0.3 is 0 Å². The third-order valence-electron chi connectivity index (χ3n) is 3.46. The lowest BCUT2D eigenvalue weighted by Crippen LogP contribution is -2.41. The predicted octanol–water partition coefficient (Wildman–Crippen LogP) is 2.43. The van der Waals surface area contributed by atoms with Crippen LogP contribution in [0.1, 0.15) is 55.5 Å². The van der Waals surface area contributed by atoms with Crippen LogP contribution in [0, 0.1) is 6.92 Å². The van der Waals surface area contributed by atoms with E-state index in [9.17, 15) is 9.90 Å². The molecule has 1 aromatic heterocycles. The molecule has 0 aliphatic heterocycles. The Morgan fingerprint density at radius 2 is 2.00 bits per heavy atom. The third kappa shape index (κ3) is 3.35. The Bertz CT molecular complexity index is 405. The molecule has 0 saturated heterocycles. The van der Waals surface area contributed by atoms with E-state index >= 15 is 0 Å². The maximum Gasteiger partial charge on any atom is 0.287 e. The van der Waals surface area contributed by atoms with Gasteiger partial charge in [0.05, 0.1) is 5.60 Å². The van der Waals surface area contributed by atoms with Gasteiger partial charge in [0.1, 0.15) is 5.76 Å². The van der Waals surface area contributed by atoms with Crippen molar-refractivity contribution >= 4 is 5.91 Å². The number of carbonyl (C=O) groups excluding carboxylic acids is 1. The Morgan fingerprint density at radius 1 is 1.39 bits per heavy atom.